The van der Waals surface area contributed by atoms with E-state index in [0.29, 0.717) is 6.54 Å². The highest BCUT2D eigenvalue weighted by Crippen LogP contribution is 2.42. The minimum Gasteiger partial charge on any atom is -0.334 e. The molecular formula is C18H18N2O2. The molecule has 0 aliphatic carbocycles. The molecule has 1 aromatic heterocycles. The highest BCUT2D eigenvalue weighted by molar-refractivity contribution is 5.86. The van der Waals surface area contributed by atoms with Gasteiger partial charge in [-0.25, -0.2) is 14.8 Å². The maximum atomic E-state index is 5.87. The third kappa shape index (κ3) is 2.21. The van der Waals surface area contributed by atoms with Crippen LogP contribution in [0.2, 0.25) is 0 Å². The largest absolute Gasteiger partial charge is 0.334 e. The minimum atomic E-state index is -0.485. The van der Waals surface area contributed by atoms with Crippen molar-refractivity contribution >= 4 is 10.8 Å². The monoisotopic (exact) mass is 294 g/mol. The fourth-order valence-corrected chi connectivity index (χ4v) is 3.34. The van der Waals surface area contributed by atoms with Crippen LogP contribution in [0.3, 0.4) is 0 Å². The van der Waals surface area contributed by atoms with Crippen LogP contribution in [0, 0.1) is 0 Å². The zero-order valence-corrected chi connectivity index (χ0v) is 12.5. The van der Waals surface area contributed by atoms with Crippen molar-refractivity contribution in [1.82, 2.24) is 9.55 Å². The normalized spacial score (nSPS) is 24.9. The Morgan fingerprint density at radius 1 is 1.23 bits per heavy atom. The number of imidazole rings is 1. The quantitative estimate of drug-likeness (QED) is 0.691. The molecule has 1 fully saturated rings. The number of hydrogen-bond donors (Lipinski definition) is 0. The third-order valence-electron chi connectivity index (χ3n) is 4.27. The fraction of sp³-hybridized carbons (Fsp3) is 0.278. The molecule has 112 valence electrons. The molecule has 0 radical (unpaired) electrons. The average Bonchev–Trinajstić information content (AvgIpc) is 3.18. The summed E-state index contributed by atoms with van der Waals surface area (Å²) in [6.07, 6.45) is 6.45. The molecule has 22 heavy (non-hydrogen) atoms. The number of nitrogens with zero attached hydrogens (tertiary/aromatic N) is 2. The summed E-state index contributed by atoms with van der Waals surface area (Å²) in [5.74, 6) is 0. The van der Waals surface area contributed by atoms with E-state index in [0.717, 1.165) is 6.42 Å². The van der Waals surface area contributed by atoms with E-state index in [4.69, 9.17) is 9.78 Å². The standard InChI is InChI=1S/C18H18N2O2/c1-14-11-18(22-21-14,12-20-10-9-19-13-20)17-8-4-6-15-5-2-3-7-16(15)17/h2-10,13-14H,11-12H2,1H3. The lowest BCUT2D eigenvalue weighted by atomic mass is 9.85. The molecule has 0 amide bonds. The highest BCUT2D eigenvalue weighted by atomic mass is 17.2. The van der Waals surface area contributed by atoms with Gasteiger partial charge in [0.05, 0.1) is 19.0 Å². The maximum Gasteiger partial charge on any atom is 0.149 e. The highest BCUT2D eigenvalue weighted by Gasteiger charge is 2.43. The molecule has 4 rings (SSSR count). The molecule has 2 atom stereocenters. The number of fused-ring (bicyclic) bond motifs is 1. The molecule has 1 aliphatic rings. The van der Waals surface area contributed by atoms with Crippen molar-refractivity contribution in [3.8, 4) is 0 Å². The van der Waals surface area contributed by atoms with Gasteiger partial charge in [-0.15, -0.1) is 0 Å². The van der Waals surface area contributed by atoms with E-state index >= 15 is 0 Å². The summed E-state index contributed by atoms with van der Waals surface area (Å²) in [7, 11) is 0. The lowest BCUT2D eigenvalue weighted by Crippen LogP contribution is -2.31. The lowest BCUT2D eigenvalue weighted by Gasteiger charge is -2.28. The fourth-order valence-electron chi connectivity index (χ4n) is 3.34. The minimum absolute atomic E-state index is 0.0717. The van der Waals surface area contributed by atoms with Crippen molar-refractivity contribution in [2.45, 2.75) is 31.6 Å². The van der Waals surface area contributed by atoms with Crippen LogP contribution in [0.25, 0.3) is 10.8 Å². The van der Waals surface area contributed by atoms with Crippen LogP contribution in [0.15, 0.2) is 61.2 Å². The first-order chi connectivity index (χ1) is 10.8. The molecule has 4 heteroatoms. The van der Waals surface area contributed by atoms with Crippen LogP contribution in [-0.2, 0) is 21.9 Å². The summed E-state index contributed by atoms with van der Waals surface area (Å²) in [6, 6.07) is 14.7. The predicted molar refractivity (Wildman–Crippen MR) is 84.1 cm³/mol. The van der Waals surface area contributed by atoms with E-state index in [1.807, 2.05) is 24.0 Å². The van der Waals surface area contributed by atoms with Crippen molar-refractivity contribution in [3.05, 3.63) is 66.7 Å². The molecule has 0 N–H and O–H groups in total. The van der Waals surface area contributed by atoms with E-state index in [1.54, 1.807) is 6.20 Å². The Balaban J connectivity index is 1.86. The van der Waals surface area contributed by atoms with Gasteiger partial charge in [-0.3, -0.25) is 0 Å². The van der Waals surface area contributed by atoms with Crippen LogP contribution >= 0.6 is 0 Å². The molecule has 0 bridgehead atoms. The van der Waals surface area contributed by atoms with Gasteiger partial charge in [0.15, 0.2) is 0 Å². The summed E-state index contributed by atoms with van der Waals surface area (Å²) in [5, 5.41) is 2.43. The second-order valence-corrected chi connectivity index (χ2v) is 5.95. The van der Waals surface area contributed by atoms with E-state index in [-0.39, 0.29) is 6.10 Å². The summed E-state index contributed by atoms with van der Waals surface area (Å²) < 4.78 is 2.04. The number of rotatable bonds is 3. The second-order valence-electron chi connectivity index (χ2n) is 5.95. The maximum absolute atomic E-state index is 5.87. The van der Waals surface area contributed by atoms with Gasteiger partial charge in [0, 0.05) is 18.8 Å². The Labute approximate surface area is 129 Å². The first-order valence-electron chi connectivity index (χ1n) is 7.55. The van der Waals surface area contributed by atoms with E-state index < -0.39 is 5.60 Å². The van der Waals surface area contributed by atoms with E-state index in [9.17, 15) is 0 Å². The smallest absolute Gasteiger partial charge is 0.149 e. The molecule has 3 aromatic rings. The molecule has 1 saturated heterocycles. The first-order valence-corrected chi connectivity index (χ1v) is 7.55. The number of aromatic nitrogens is 2. The molecule has 2 heterocycles. The summed E-state index contributed by atoms with van der Waals surface area (Å²) in [4.78, 5) is 15.5. The SMILES string of the molecule is CC1CC(Cn2ccnc2)(c2cccc3ccccc23)OO1. The molecule has 2 aromatic carbocycles. The molecule has 4 nitrogen and oxygen atoms in total. The Morgan fingerprint density at radius 2 is 2.09 bits per heavy atom. The van der Waals surface area contributed by atoms with Gasteiger partial charge >= 0.3 is 0 Å². The Kier molecular flexibility index (Phi) is 3.21. The summed E-state index contributed by atoms with van der Waals surface area (Å²) in [6.45, 7) is 2.73. The second kappa shape index (κ2) is 5.23. The van der Waals surface area contributed by atoms with Crippen molar-refractivity contribution in [1.29, 1.82) is 0 Å². The Bertz CT molecular complexity index is 779. The first kappa shape index (κ1) is 13.5. The van der Waals surface area contributed by atoms with Gasteiger partial charge < -0.3 is 4.57 Å². The summed E-state index contributed by atoms with van der Waals surface area (Å²) >= 11 is 0. The van der Waals surface area contributed by atoms with Gasteiger partial charge in [-0.05, 0) is 23.3 Å². The van der Waals surface area contributed by atoms with Gasteiger partial charge in [-0.2, -0.15) is 0 Å². The van der Waals surface area contributed by atoms with Crippen LogP contribution in [0.4, 0.5) is 0 Å². The van der Waals surface area contributed by atoms with Crippen molar-refractivity contribution in [2.24, 2.45) is 0 Å². The molecular weight excluding hydrogens is 276 g/mol. The third-order valence-corrected chi connectivity index (χ3v) is 4.27. The van der Waals surface area contributed by atoms with Gasteiger partial charge in [-0.1, -0.05) is 42.5 Å². The average molecular weight is 294 g/mol. The van der Waals surface area contributed by atoms with Crippen molar-refractivity contribution in [3.63, 3.8) is 0 Å². The van der Waals surface area contributed by atoms with Gasteiger partial charge in [0.2, 0.25) is 0 Å². The van der Waals surface area contributed by atoms with E-state index in [1.165, 1.54) is 16.3 Å². The molecule has 1 aliphatic heterocycles. The number of hydrogen-bond acceptors (Lipinski definition) is 3. The number of benzene rings is 2. The molecule has 0 spiro atoms. The van der Waals surface area contributed by atoms with Crippen LogP contribution in [0.1, 0.15) is 18.9 Å². The predicted octanol–water partition coefficient (Wildman–Crippen LogP) is 3.67. The summed E-state index contributed by atoms with van der Waals surface area (Å²) in [5.41, 5.74) is 0.685. The molecule has 2 unspecified atom stereocenters. The van der Waals surface area contributed by atoms with Gasteiger partial charge in [0.25, 0.3) is 0 Å². The van der Waals surface area contributed by atoms with E-state index in [2.05, 4.69) is 47.4 Å². The van der Waals surface area contributed by atoms with Gasteiger partial charge in [0.1, 0.15) is 5.60 Å². The van der Waals surface area contributed by atoms with Crippen LogP contribution in [0.5, 0.6) is 0 Å². The van der Waals surface area contributed by atoms with Crippen molar-refractivity contribution in [2.75, 3.05) is 0 Å². The zero-order chi connectivity index (χ0) is 15.0. The zero-order valence-electron chi connectivity index (χ0n) is 12.5. The molecule has 0 saturated carbocycles. The topological polar surface area (TPSA) is 36.3 Å². The van der Waals surface area contributed by atoms with Crippen LogP contribution < -0.4 is 0 Å². The Morgan fingerprint density at radius 3 is 2.86 bits per heavy atom. The lowest BCUT2D eigenvalue weighted by molar-refractivity contribution is -0.330. The van der Waals surface area contributed by atoms with Crippen molar-refractivity contribution < 1.29 is 9.78 Å². The Hall–Kier alpha value is -2.17. The van der Waals surface area contributed by atoms with Crippen LogP contribution in [-0.4, -0.2) is 15.7 Å².